The van der Waals surface area contributed by atoms with E-state index in [0.717, 1.165) is 0 Å². The Morgan fingerprint density at radius 1 is 0.958 bits per heavy atom. The van der Waals surface area contributed by atoms with Crippen LogP contribution in [0.1, 0.15) is 32.1 Å². The number of aryl methyl sites for hydroxylation is 1. The largest absolute Gasteiger partial charge is 0.344 e. The van der Waals surface area contributed by atoms with Crippen molar-refractivity contribution in [2.24, 2.45) is 7.05 Å². The maximum atomic E-state index is 3.67. The van der Waals surface area contributed by atoms with E-state index in [1.165, 1.54) is 59.2 Å². The van der Waals surface area contributed by atoms with Crippen LogP contribution in [0.25, 0.3) is 22.2 Å². The van der Waals surface area contributed by atoms with Gasteiger partial charge in [-0.3, -0.25) is 4.72 Å². The molecule has 0 aliphatic heterocycles. The number of hydrogen-bond acceptors (Lipinski definition) is 2. The minimum atomic E-state index is 0.676. The van der Waals surface area contributed by atoms with Crippen LogP contribution < -0.4 is 4.72 Å². The second-order valence-electron chi connectivity index (χ2n) is 6.73. The van der Waals surface area contributed by atoms with E-state index in [1.807, 2.05) is 0 Å². The lowest BCUT2D eigenvalue weighted by molar-refractivity contribution is 0.423. The molecular weight excluding hydrogens is 312 g/mol. The summed E-state index contributed by atoms with van der Waals surface area (Å²) in [6.07, 6.45) is 6.78. The molecule has 0 radical (unpaired) electrons. The Balaban J connectivity index is 1.57. The van der Waals surface area contributed by atoms with E-state index in [1.54, 1.807) is 11.9 Å². The average molecular weight is 337 g/mol. The fraction of sp³-hybridized carbons (Fsp3) is 0.333. The highest BCUT2D eigenvalue weighted by molar-refractivity contribution is 7.97. The van der Waals surface area contributed by atoms with Gasteiger partial charge < -0.3 is 4.57 Å². The van der Waals surface area contributed by atoms with E-state index in [-0.39, 0.29) is 0 Å². The van der Waals surface area contributed by atoms with Gasteiger partial charge in [-0.15, -0.1) is 0 Å². The van der Waals surface area contributed by atoms with Crippen LogP contribution in [0.4, 0.5) is 0 Å². The Morgan fingerprint density at radius 2 is 1.75 bits per heavy atom. The maximum Gasteiger partial charge on any atom is 0.0488 e. The van der Waals surface area contributed by atoms with Crippen molar-refractivity contribution in [3.63, 3.8) is 0 Å². The van der Waals surface area contributed by atoms with Gasteiger partial charge in [0, 0.05) is 34.6 Å². The summed E-state index contributed by atoms with van der Waals surface area (Å²) in [6, 6.07) is 20.4. The van der Waals surface area contributed by atoms with Crippen LogP contribution in [0.2, 0.25) is 0 Å². The SMILES string of the molecule is Cn1c(-c2ccccc2)cc2cc(SNC3CCCCC3)ccc21. The summed E-state index contributed by atoms with van der Waals surface area (Å²) in [5, 5.41) is 1.31. The molecule has 0 amide bonds. The first-order valence-corrected chi connectivity index (χ1v) is 9.70. The molecule has 24 heavy (non-hydrogen) atoms. The van der Waals surface area contributed by atoms with Crippen molar-refractivity contribution in [1.82, 2.24) is 9.29 Å². The van der Waals surface area contributed by atoms with Gasteiger partial charge in [-0.1, -0.05) is 49.6 Å². The molecule has 0 spiro atoms. The Kier molecular flexibility index (Phi) is 4.63. The Hall–Kier alpha value is -1.71. The third-order valence-corrected chi connectivity index (χ3v) is 5.97. The summed E-state index contributed by atoms with van der Waals surface area (Å²) in [7, 11) is 2.15. The zero-order chi connectivity index (χ0) is 16.4. The molecule has 3 aromatic rings. The monoisotopic (exact) mass is 336 g/mol. The van der Waals surface area contributed by atoms with Crippen LogP contribution in [0.3, 0.4) is 0 Å². The molecule has 4 rings (SSSR count). The normalized spacial score (nSPS) is 15.9. The molecule has 1 saturated carbocycles. The molecule has 1 aromatic heterocycles. The van der Waals surface area contributed by atoms with Gasteiger partial charge in [0.05, 0.1) is 0 Å². The van der Waals surface area contributed by atoms with Crippen molar-refractivity contribution in [3.05, 3.63) is 54.6 Å². The molecule has 3 heteroatoms. The first kappa shape index (κ1) is 15.8. The van der Waals surface area contributed by atoms with Crippen molar-refractivity contribution in [2.45, 2.75) is 43.0 Å². The first-order valence-electron chi connectivity index (χ1n) is 8.88. The molecule has 1 N–H and O–H groups in total. The first-order chi connectivity index (χ1) is 11.8. The lowest BCUT2D eigenvalue weighted by Gasteiger charge is -2.22. The van der Waals surface area contributed by atoms with E-state index < -0.39 is 0 Å². The van der Waals surface area contributed by atoms with E-state index in [2.05, 4.69) is 70.9 Å². The Bertz CT molecular complexity index is 816. The number of nitrogens with one attached hydrogen (secondary N) is 1. The van der Waals surface area contributed by atoms with Crippen LogP contribution >= 0.6 is 11.9 Å². The molecule has 124 valence electrons. The number of aromatic nitrogens is 1. The summed E-state index contributed by atoms with van der Waals surface area (Å²) in [5.74, 6) is 0. The summed E-state index contributed by atoms with van der Waals surface area (Å²) in [4.78, 5) is 1.30. The predicted octanol–water partition coefficient (Wildman–Crippen LogP) is 5.77. The second kappa shape index (κ2) is 7.04. The molecule has 1 aliphatic rings. The highest BCUT2D eigenvalue weighted by Gasteiger charge is 2.13. The number of benzene rings is 2. The number of rotatable bonds is 4. The summed E-state index contributed by atoms with van der Waals surface area (Å²) < 4.78 is 5.95. The van der Waals surface area contributed by atoms with Gasteiger partial charge in [-0.05, 0) is 54.6 Å². The van der Waals surface area contributed by atoms with Crippen LogP contribution in [0, 0.1) is 0 Å². The van der Waals surface area contributed by atoms with Gasteiger partial charge in [-0.25, -0.2) is 0 Å². The molecule has 1 heterocycles. The van der Waals surface area contributed by atoms with E-state index in [4.69, 9.17) is 0 Å². The van der Waals surface area contributed by atoms with Gasteiger partial charge in [-0.2, -0.15) is 0 Å². The lowest BCUT2D eigenvalue weighted by atomic mass is 9.96. The maximum absolute atomic E-state index is 3.67. The molecule has 0 saturated heterocycles. The minimum absolute atomic E-state index is 0.676. The molecule has 0 unspecified atom stereocenters. The number of hydrogen-bond donors (Lipinski definition) is 1. The Labute approximate surface area is 148 Å². The average Bonchev–Trinajstić information content (AvgIpc) is 2.98. The standard InChI is InChI=1S/C21H24N2S/c1-23-20-13-12-19(24-22-18-10-6-3-7-11-18)14-17(20)15-21(23)16-8-4-2-5-9-16/h2,4-5,8-9,12-15,18,22H,3,6-7,10-11H2,1H3. The molecule has 1 fully saturated rings. The fourth-order valence-corrected chi connectivity index (χ4v) is 4.51. The van der Waals surface area contributed by atoms with Crippen molar-refractivity contribution < 1.29 is 0 Å². The van der Waals surface area contributed by atoms with Gasteiger partial charge >= 0.3 is 0 Å². The third-order valence-electron chi connectivity index (χ3n) is 5.03. The van der Waals surface area contributed by atoms with Gasteiger partial charge in [0.25, 0.3) is 0 Å². The molecule has 0 bridgehead atoms. The van der Waals surface area contributed by atoms with Crippen molar-refractivity contribution >= 4 is 22.9 Å². The zero-order valence-electron chi connectivity index (χ0n) is 14.2. The quantitative estimate of drug-likeness (QED) is 0.609. The molecule has 2 nitrogen and oxygen atoms in total. The molecular formula is C21H24N2S. The molecule has 0 atom stereocenters. The van der Waals surface area contributed by atoms with Crippen LogP contribution in [0.15, 0.2) is 59.5 Å². The predicted molar refractivity (Wildman–Crippen MR) is 104 cm³/mol. The van der Waals surface area contributed by atoms with Crippen LogP contribution in [-0.2, 0) is 7.05 Å². The highest BCUT2D eigenvalue weighted by atomic mass is 32.2. The summed E-state index contributed by atoms with van der Waals surface area (Å²) in [5.41, 5.74) is 3.83. The van der Waals surface area contributed by atoms with Crippen LogP contribution in [0.5, 0.6) is 0 Å². The smallest absolute Gasteiger partial charge is 0.0488 e. The molecule has 2 aromatic carbocycles. The molecule has 1 aliphatic carbocycles. The number of fused-ring (bicyclic) bond motifs is 1. The van der Waals surface area contributed by atoms with Crippen molar-refractivity contribution in [1.29, 1.82) is 0 Å². The van der Waals surface area contributed by atoms with Crippen molar-refractivity contribution in [2.75, 3.05) is 0 Å². The summed E-state index contributed by atoms with van der Waals surface area (Å²) >= 11 is 1.79. The van der Waals surface area contributed by atoms with Gasteiger partial charge in [0.15, 0.2) is 0 Å². The van der Waals surface area contributed by atoms with Crippen LogP contribution in [-0.4, -0.2) is 10.6 Å². The second-order valence-corrected chi connectivity index (χ2v) is 7.64. The van der Waals surface area contributed by atoms with E-state index >= 15 is 0 Å². The van der Waals surface area contributed by atoms with E-state index in [0.29, 0.717) is 6.04 Å². The van der Waals surface area contributed by atoms with Gasteiger partial charge in [0.2, 0.25) is 0 Å². The zero-order valence-corrected chi connectivity index (χ0v) is 15.0. The fourth-order valence-electron chi connectivity index (χ4n) is 3.65. The minimum Gasteiger partial charge on any atom is -0.344 e. The number of nitrogens with zero attached hydrogens (tertiary/aromatic N) is 1. The Morgan fingerprint density at radius 3 is 2.54 bits per heavy atom. The topological polar surface area (TPSA) is 17.0 Å². The van der Waals surface area contributed by atoms with E-state index in [9.17, 15) is 0 Å². The third kappa shape index (κ3) is 3.24. The lowest BCUT2D eigenvalue weighted by Crippen LogP contribution is -2.25. The van der Waals surface area contributed by atoms with Gasteiger partial charge in [0.1, 0.15) is 0 Å². The summed E-state index contributed by atoms with van der Waals surface area (Å²) in [6.45, 7) is 0. The van der Waals surface area contributed by atoms with Crippen molar-refractivity contribution in [3.8, 4) is 11.3 Å². The highest BCUT2D eigenvalue weighted by Crippen LogP contribution is 2.30.